The first-order valence-electron chi connectivity index (χ1n) is 6.87. The number of hydrogen-bond acceptors (Lipinski definition) is 2. The molecular formula is C17H22BrNS. The van der Waals surface area contributed by atoms with Gasteiger partial charge in [0.25, 0.3) is 0 Å². The SMILES string of the molecule is CNC(c1cc(C)c(Br)s1)c1ccccc1C(C)(C)C. The van der Waals surface area contributed by atoms with Gasteiger partial charge in [-0.1, -0.05) is 45.0 Å². The Kier molecular flexibility index (Phi) is 4.73. The Balaban J connectivity index is 2.53. The molecule has 108 valence electrons. The summed E-state index contributed by atoms with van der Waals surface area (Å²) in [7, 11) is 2.03. The highest BCUT2D eigenvalue weighted by Gasteiger charge is 2.24. The molecule has 1 atom stereocenters. The molecule has 1 N–H and O–H groups in total. The van der Waals surface area contributed by atoms with E-state index in [1.54, 1.807) is 0 Å². The standard InChI is InChI=1S/C17H22BrNS/c1-11-10-14(20-16(11)18)15(19-5)12-8-6-7-9-13(12)17(2,3)4/h6-10,15,19H,1-5H3. The van der Waals surface area contributed by atoms with E-state index < -0.39 is 0 Å². The molecule has 0 aliphatic rings. The van der Waals surface area contributed by atoms with Crippen LogP contribution in [0.1, 0.15) is 48.4 Å². The Morgan fingerprint density at radius 3 is 2.35 bits per heavy atom. The van der Waals surface area contributed by atoms with Crippen molar-refractivity contribution in [3.63, 3.8) is 0 Å². The molecule has 20 heavy (non-hydrogen) atoms. The Morgan fingerprint density at radius 2 is 1.85 bits per heavy atom. The molecule has 0 spiro atoms. The van der Waals surface area contributed by atoms with Gasteiger partial charge < -0.3 is 5.32 Å². The summed E-state index contributed by atoms with van der Waals surface area (Å²) in [4.78, 5) is 1.36. The fourth-order valence-electron chi connectivity index (χ4n) is 2.51. The van der Waals surface area contributed by atoms with Gasteiger partial charge in [0, 0.05) is 4.88 Å². The van der Waals surface area contributed by atoms with Crippen molar-refractivity contribution in [2.75, 3.05) is 7.05 Å². The normalized spacial score (nSPS) is 13.5. The molecule has 0 aliphatic carbocycles. The second kappa shape index (κ2) is 6.00. The molecule has 0 bridgehead atoms. The fourth-order valence-corrected chi connectivity index (χ4v) is 4.21. The first kappa shape index (κ1) is 15.7. The van der Waals surface area contributed by atoms with E-state index in [1.165, 1.54) is 25.4 Å². The smallest absolute Gasteiger partial charge is 0.0731 e. The van der Waals surface area contributed by atoms with Gasteiger partial charge in [0.15, 0.2) is 0 Å². The average molecular weight is 352 g/mol. The lowest BCUT2D eigenvalue weighted by molar-refractivity contribution is 0.568. The van der Waals surface area contributed by atoms with E-state index in [1.807, 2.05) is 18.4 Å². The third-order valence-corrected chi connectivity index (χ3v) is 5.73. The van der Waals surface area contributed by atoms with Gasteiger partial charge in [0.1, 0.15) is 0 Å². The quantitative estimate of drug-likeness (QED) is 0.777. The van der Waals surface area contributed by atoms with Gasteiger partial charge in [-0.05, 0) is 58.1 Å². The molecule has 0 saturated heterocycles. The van der Waals surface area contributed by atoms with Crippen molar-refractivity contribution < 1.29 is 0 Å². The summed E-state index contributed by atoms with van der Waals surface area (Å²) in [5, 5.41) is 3.48. The van der Waals surface area contributed by atoms with Crippen molar-refractivity contribution in [3.8, 4) is 0 Å². The molecule has 1 nitrogen and oxygen atoms in total. The minimum atomic E-state index is 0.148. The summed E-state index contributed by atoms with van der Waals surface area (Å²) < 4.78 is 1.22. The molecular weight excluding hydrogens is 330 g/mol. The molecule has 0 amide bonds. The van der Waals surface area contributed by atoms with Crippen LogP contribution in [0.25, 0.3) is 0 Å². The second-order valence-electron chi connectivity index (χ2n) is 6.16. The molecule has 0 radical (unpaired) electrons. The zero-order valence-corrected chi connectivity index (χ0v) is 15.2. The van der Waals surface area contributed by atoms with E-state index in [2.05, 4.69) is 79.3 Å². The van der Waals surface area contributed by atoms with E-state index >= 15 is 0 Å². The van der Waals surface area contributed by atoms with Crippen LogP contribution in [-0.2, 0) is 5.41 Å². The van der Waals surface area contributed by atoms with Crippen molar-refractivity contribution in [2.24, 2.45) is 0 Å². The largest absolute Gasteiger partial charge is 0.309 e. The van der Waals surface area contributed by atoms with E-state index in [0.29, 0.717) is 0 Å². The van der Waals surface area contributed by atoms with E-state index in [4.69, 9.17) is 0 Å². The van der Waals surface area contributed by atoms with Crippen molar-refractivity contribution in [3.05, 3.63) is 55.7 Å². The highest BCUT2D eigenvalue weighted by atomic mass is 79.9. The first-order valence-corrected chi connectivity index (χ1v) is 8.48. The number of hydrogen-bond donors (Lipinski definition) is 1. The lowest BCUT2D eigenvalue weighted by atomic mass is 9.81. The second-order valence-corrected chi connectivity index (χ2v) is 8.57. The summed E-state index contributed by atoms with van der Waals surface area (Å²) in [6.07, 6.45) is 0. The molecule has 0 saturated carbocycles. The van der Waals surface area contributed by atoms with Crippen LogP contribution in [0.4, 0.5) is 0 Å². The maximum atomic E-state index is 3.63. The van der Waals surface area contributed by atoms with Crippen LogP contribution in [0, 0.1) is 6.92 Å². The van der Waals surface area contributed by atoms with E-state index in [-0.39, 0.29) is 11.5 Å². The van der Waals surface area contributed by atoms with Gasteiger partial charge in [-0.15, -0.1) is 11.3 Å². The van der Waals surface area contributed by atoms with Gasteiger partial charge in [-0.2, -0.15) is 0 Å². The molecule has 1 aromatic carbocycles. The van der Waals surface area contributed by atoms with Crippen LogP contribution >= 0.6 is 27.3 Å². The van der Waals surface area contributed by atoms with Crippen molar-refractivity contribution >= 4 is 27.3 Å². The van der Waals surface area contributed by atoms with E-state index in [0.717, 1.165) is 0 Å². The molecule has 2 aromatic rings. The maximum Gasteiger partial charge on any atom is 0.0731 e. The molecule has 3 heteroatoms. The Morgan fingerprint density at radius 1 is 1.20 bits per heavy atom. The molecule has 1 unspecified atom stereocenters. The van der Waals surface area contributed by atoms with Crippen molar-refractivity contribution in [1.82, 2.24) is 5.32 Å². The van der Waals surface area contributed by atoms with Gasteiger partial charge >= 0.3 is 0 Å². The third-order valence-electron chi connectivity index (χ3n) is 3.53. The fraction of sp³-hybridized carbons (Fsp3) is 0.412. The van der Waals surface area contributed by atoms with Crippen LogP contribution in [0.15, 0.2) is 34.1 Å². The Hall–Kier alpha value is -0.640. The summed E-state index contributed by atoms with van der Waals surface area (Å²) in [6.45, 7) is 8.96. The van der Waals surface area contributed by atoms with Gasteiger partial charge in [0.05, 0.1) is 9.83 Å². The van der Waals surface area contributed by atoms with Gasteiger partial charge in [0.2, 0.25) is 0 Å². The number of thiophene rings is 1. The summed E-state index contributed by atoms with van der Waals surface area (Å²) in [6, 6.07) is 11.3. The van der Waals surface area contributed by atoms with E-state index in [9.17, 15) is 0 Å². The lowest BCUT2D eigenvalue weighted by Crippen LogP contribution is -2.22. The summed E-state index contributed by atoms with van der Waals surface area (Å²) >= 11 is 5.45. The summed E-state index contributed by atoms with van der Waals surface area (Å²) in [5.41, 5.74) is 4.23. The topological polar surface area (TPSA) is 12.0 Å². The molecule has 0 aliphatic heterocycles. The van der Waals surface area contributed by atoms with Crippen molar-refractivity contribution in [2.45, 2.75) is 39.2 Å². The lowest BCUT2D eigenvalue weighted by Gasteiger charge is -2.27. The zero-order chi connectivity index (χ0) is 14.9. The highest BCUT2D eigenvalue weighted by Crippen LogP contribution is 2.37. The molecule has 0 fully saturated rings. The first-order chi connectivity index (χ1) is 9.34. The van der Waals surface area contributed by atoms with Crippen LogP contribution in [0.3, 0.4) is 0 Å². The van der Waals surface area contributed by atoms with Crippen LogP contribution in [0.2, 0.25) is 0 Å². The van der Waals surface area contributed by atoms with Crippen LogP contribution < -0.4 is 5.32 Å². The summed E-state index contributed by atoms with van der Waals surface area (Å²) in [5.74, 6) is 0. The number of nitrogens with one attached hydrogen (secondary N) is 1. The predicted molar refractivity (Wildman–Crippen MR) is 92.8 cm³/mol. The van der Waals surface area contributed by atoms with Gasteiger partial charge in [-0.25, -0.2) is 0 Å². The molecule has 1 aromatic heterocycles. The Bertz CT molecular complexity index is 576. The average Bonchev–Trinajstić information content (AvgIpc) is 2.70. The minimum Gasteiger partial charge on any atom is -0.309 e. The number of aryl methyl sites for hydroxylation is 1. The number of benzene rings is 1. The van der Waals surface area contributed by atoms with Gasteiger partial charge in [-0.3, -0.25) is 0 Å². The number of halogens is 1. The predicted octanol–water partition coefficient (Wildman–Crippen LogP) is 5.43. The molecule has 2 rings (SSSR count). The molecule has 1 heterocycles. The van der Waals surface area contributed by atoms with Crippen LogP contribution in [0.5, 0.6) is 0 Å². The van der Waals surface area contributed by atoms with Crippen molar-refractivity contribution in [1.29, 1.82) is 0 Å². The number of rotatable bonds is 3. The zero-order valence-electron chi connectivity index (χ0n) is 12.8. The maximum absolute atomic E-state index is 3.63. The monoisotopic (exact) mass is 351 g/mol. The Labute approximate surface area is 134 Å². The van der Waals surface area contributed by atoms with Crippen LogP contribution in [-0.4, -0.2) is 7.05 Å². The minimum absolute atomic E-state index is 0.148. The third kappa shape index (κ3) is 3.16. The highest BCUT2D eigenvalue weighted by molar-refractivity contribution is 9.11.